The van der Waals surface area contributed by atoms with E-state index in [4.69, 9.17) is 21.1 Å². The molecule has 0 fully saturated rings. The molecule has 4 aromatic heterocycles. The molecule has 0 saturated heterocycles. The number of aryl methyl sites for hydroxylation is 1. The van der Waals surface area contributed by atoms with E-state index in [9.17, 15) is 23.1 Å². The first-order valence-corrected chi connectivity index (χ1v) is 10.7. The van der Waals surface area contributed by atoms with Crippen molar-refractivity contribution in [3.63, 3.8) is 0 Å². The Balaban J connectivity index is 1.96. The van der Waals surface area contributed by atoms with Crippen molar-refractivity contribution in [2.75, 3.05) is 6.61 Å². The van der Waals surface area contributed by atoms with Crippen LogP contribution in [0.3, 0.4) is 0 Å². The summed E-state index contributed by atoms with van der Waals surface area (Å²) in [4.78, 5) is 16.7. The number of halogens is 5. The van der Waals surface area contributed by atoms with Crippen molar-refractivity contribution in [3.05, 3.63) is 39.2 Å². The van der Waals surface area contributed by atoms with Gasteiger partial charge in [-0.15, -0.1) is 10.2 Å². The molecule has 17 heteroatoms. The fourth-order valence-electron chi connectivity index (χ4n) is 3.28. The Morgan fingerprint density at radius 3 is 2.64 bits per heavy atom. The molecule has 0 aliphatic carbocycles. The van der Waals surface area contributed by atoms with Crippen molar-refractivity contribution in [1.82, 2.24) is 39.7 Å². The second-order valence-corrected chi connectivity index (χ2v) is 7.75. The SMILES string of the molecule is CCCn1c(CO)nn(-c2nc(OCC(F)(F)F)c3c(Oc4c(C)n[nH]c4Cl)nncc3c2F)c1=O. The van der Waals surface area contributed by atoms with Crippen molar-refractivity contribution < 1.29 is 32.1 Å². The smallest absolute Gasteiger partial charge is 0.422 e. The lowest BCUT2D eigenvalue weighted by Gasteiger charge is -2.14. The molecule has 0 radical (unpaired) electrons. The average Bonchev–Trinajstić information content (AvgIpc) is 3.32. The van der Waals surface area contributed by atoms with Crippen LogP contribution in [-0.4, -0.2) is 57.6 Å². The molecule has 0 saturated carbocycles. The number of ether oxygens (including phenoxy) is 2. The van der Waals surface area contributed by atoms with Gasteiger partial charge in [-0.25, -0.2) is 9.18 Å². The summed E-state index contributed by atoms with van der Waals surface area (Å²) < 4.78 is 66.7. The number of rotatable bonds is 8. The van der Waals surface area contributed by atoms with Gasteiger partial charge in [-0.2, -0.15) is 33.0 Å². The zero-order chi connectivity index (χ0) is 26.2. The zero-order valence-corrected chi connectivity index (χ0v) is 19.4. The Bertz CT molecular complexity index is 1460. The Morgan fingerprint density at radius 1 is 1.28 bits per heavy atom. The van der Waals surface area contributed by atoms with Crippen molar-refractivity contribution in [3.8, 4) is 23.3 Å². The number of aliphatic hydroxyl groups excluding tert-OH is 1. The van der Waals surface area contributed by atoms with Gasteiger partial charge in [0.2, 0.25) is 5.88 Å². The van der Waals surface area contributed by atoms with Gasteiger partial charge in [-0.1, -0.05) is 18.5 Å². The standard InChI is InChI=1S/C19H17ClF4N8O4/c1-3-4-31-10(6-33)30-32(18(31)34)15-12(21)9-5-25-29-17(36-13-8(2)27-28-14(13)20)11(9)16(26-15)35-7-19(22,23)24/h5,33H,3-4,6-7H2,1-2H3,(H,27,28). The molecular formula is C19H17ClF4N8O4. The minimum absolute atomic E-state index is 0.0353. The Labute approximate surface area is 203 Å². The summed E-state index contributed by atoms with van der Waals surface area (Å²) in [6.45, 7) is 0.983. The summed E-state index contributed by atoms with van der Waals surface area (Å²) in [6, 6.07) is 0. The van der Waals surface area contributed by atoms with Crippen LogP contribution >= 0.6 is 11.6 Å². The second-order valence-electron chi connectivity index (χ2n) is 7.37. The number of hydrogen-bond acceptors (Lipinski definition) is 9. The maximum atomic E-state index is 15.7. The fraction of sp³-hybridized carbons (Fsp3) is 0.368. The summed E-state index contributed by atoms with van der Waals surface area (Å²) >= 11 is 5.99. The summed E-state index contributed by atoms with van der Waals surface area (Å²) in [7, 11) is 0. The highest BCUT2D eigenvalue weighted by Gasteiger charge is 2.31. The monoisotopic (exact) mass is 532 g/mol. The zero-order valence-electron chi connectivity index (χ0n) is 18.6. The molecule has 2 N–H and O–H groups in total. The topological polar surface area (TPSA) is 146 Å². The highest BCUT2D eigenvalue weighted by molar-refractivity contribution is 6.31. The molecule has 0 spiro atoms. The van der Waals surface area contributed by atoms with Crippen LogP contribution < -0.4 is 15.2 Å². The van der Waals surface area contributed by atoms with E-state index in [0.29, 0.717) is 11.1 Å². The molecule has 0 bridgehead atoms. The van der Waals surface area contributed by atoms with E-state index in [1.165, 1.54) is 6.92 Å². The normalized spacial score (nSPS) is 11.9. The molecule has 0 amide bonds. The van der Waals surface area contributed by atoms with Crippen molar-refractivity contribution in [2.45, 2.75) is 39.6 Å². The maximum absolute atomic E-state index is 15.7. The van der Waals surface area contributed by atoms with Crippen molar-refractivity contribution in [2.24, 2.45) is 0 Å². The third kappa shape index (κ3) is 4.68. The Hall–Kier alpha value is -3.79. The van der Waals surface area contributed by atoms with Gasteiger partial charge in [0.25, 0.3) is 5.88 Å². The molecule has 192 valence electrons. The molecule has 12 nitrogen and oxygen atoms in total. The van der Waals surface area contributed by atoms with E-state index in [0.717, 1.165) is 10.8 Å². The molecule has 4 heterocycles. The summed E-state index contributed by atoms with van der Waals surface area (Å²) in [5.41, 5.74) is -0.598. The van der Waals surface area contributed by atoms with Gasteiger partial charge in [0.1, 0.15) is 17.7 Å². The third-order valence-corrected chi connectivity index (χ3v) is 5.08. The molecule has 4 rings (SSSR count). The van der Waals surface area contributed by atoms with Crippen LogP contribution in [0.1, 0.15) is 24.9 Å². The number of alkyl halides is 3. The van der Waals surface area contributed by atoms with Gasteiger partial charge in [0.15, 0.2) is 35.0 Å². The highest BCUT2D eigenvalue weighted by atomic mass is 35.5. The minimum Gasteiger partial charge on any atom is -0.467 e. The summed E-state index contributed by atoms with van der Waals surface area (Å²) in [6.07, 6.45) is -3.40. The molecule has 0 atom stereocenters. The number of aliphatic hydroxyl groups is 1. The van der Waals surface area contributed by atoms with E-state index in [1.807, 2.05) is 0 Å². The maximum Gasteiger partial charge on any atom is 0.422 e. The van der Waals surface area contributed by atoms with Crippen molar-refractivity contribution in [1.29, 1.82) is 0 Å². The molecular weight excluding hydrogens is 516 g/mol. The van der Waals surface area contributed by atoms with E-state index in [1.54, 1.807) is 6.92 Å². The summed E-state index contributed by atoms with van der Waals surface area (Å²) in [5, 5.41) is 26.2. The second kappa shape index (κ2) is 9.69. The molecule has 0 unspecified atom stereocenters. The number of hydrogen-bond donors (Lipinski definition) is 2. The van der Waals surface area contributed by atoms with E-state index in [-0.39, 0.29) is 29.0 Å². The lowest BCUT2D eigenvalue weighted by Crippen LogP contribution is -2.26. The number of pyridine rings is 1. The van der Waals surface area contributed by atoms with Gasteiger partial charge in [0.05, 0.1) is 11.6 Å². The van der Waals surface area contributed by atoms with Crippen molar-refractivity contribution >= 4 is 22.4 Å². The van der Waals surface area contributed by atoms with Crippen LogP contribution in [0.15, 0.2) is 11.0 Å². The number of nitrogens with zero attached hydrogens (tertiary/aromatic N) is 7. The highest BCUT2D eigenvalue weighted by Crippen LogP contribution is 2.38. The van der Waals surface area contributed by atoms with Gasteiger partial charge in [-0.05, 0) is 13.3 Å². The van der Waals surface area contributed by atoms with Gasteiger partial charge >= 0.3 is 11.9 Å². The Morgan fingerprint density at radius 2 is 2.03 bits per heavy atom. The Kier molecular flexibility index (Phi) is 6.81. The predicted molar refractivity (Wildman–Crippen MR) is 115 cm³/mol. The number of aromatic amines is 1. The average molecular weight is 533 g/mol. The van der Waals surface area contributed by atoms with Crippen LogP contribution in [0.2, 0.25) is 5.15 Å². The third-order valence-electron chi connectivity index (χ3n) is 4.82. The number of aromatic nitrogens is 8. The van der Waals surface area contributed by atoms with Gasteiger partial charge < -0.3 is 14.6 Å². The lowest BCUT2D eigenvalue weighted by molar-refractivity contribution is -0.153. The number of nitrogens with one attached hydrogen (secondary N) is 1. The predicted octanol–water partition coefficient (Wildman–Crippen LogP) is 2.83. The molecule has 0 aliphatic rings. The lowest BCUT2D eigenvalue weighted by atomic mass is 10.2. The first-order valence-electron chi connectivity index (χ1n) is 10.3. The van der Waals surface area contributed by atoms with Gasteiger partial charge in [-0.3, -0.25) is 9.67 Å². The molecule has 0 aromatic carbocycles. The van der Waals surface area contributed by atoms with Crippen LogP contribution in [0.5, 0.6) is 17.5 Å². The molecule has 4 aromatic rings. The van der Waals surface area contributed by atoms with E-state index >= 15 is 4.39 Å². The van der Waals surface area contributed by atoms with E-state index < -0.39 is 59.2 Å². The van der Waals surface area contributed by atoms with Crippen LogP contribution in [-0.2, 0) is 13.2 Å². The van der Waals surface area contributed by atoms with Crippen LogP contribution in [0, 0.1) is 12.7 Å². The first-order chi connectivity index (χ1) is 17.1. The number of fused-ring (bicyclic) bond motifs is 1. The summed E-state index contributed by atoms with van der Waals surface area (Å²) in [5.74, 6) is -3.32. The van der Waals surface area contributed by atoms with Crippen LogP contribution in [0.4, 0.5) is 17.6 Å². The largest absolute Gasteiger partial charge is 0.467 e. The molecule has 0 aliphatic heterocycles. The van der Waals surface area contributed by atoms with Crippen LogP contribution in [0.25, 0.3) is 16.6 Å². The van der Waals surface area contributed by atoms with Gasteiger partial charge in [0, 0.05) is 6.54 Å². The fourth-order valence-corrected chi connectivity index (χ4v) is 3.50. The first kappa shape index (κ1) is 25.3. The van der Waals surface area contributed by atoms with E-state index in [2.05, 4.69) is 30.5 Å². The molecule has 36 heavy (non-hydrogen) atoms. The quantitative estimate of drug-likeness (QED) is 0.327. The minimum atomic E-state index is -4.78. The number of H-pyrrole nitrogens is 1.